The number of hydrogen-bond acceptors (Lipinski definition) is 4. The van der Waals surface area contributed by atoms with Gasteiger partial charge in [-0.15, -0.1) is 0 Å². The first-order valence-electron chi connectivity index (χ1n) is 6.55. The molecule has 0 bridgehead atoms. The largest absolute Gasteiger partial charge is 0.491 e. The van der Waals surface area contributed by atoms with Crippen LogP contribution < -0.4 is 4.74 Å². The van der Waals surface area contributed by atoms with Gasteiger partial charge >= 0.3 is 0 Å². The van der Waals surface area contributed by atoms with Crippen LogP contribution >= 0.6 is 11.8 Å². The normalized spacial score (nSPS) is 10.7. The van der Waals surface area contributed by atoms with E-state index in [1.165, 1.54) is 12.2 Å². The summed E-state index contributed by atoms with van der Waals surface area (Å²) in [5, 5.41) is 0. The van der Waals surface area contributed by atoms with E-state index in [-0.39, 0.29) is 5.78 Å². The summed E-state index contributed by atoms with van der Waals surface area (Å²) >= 11 is 1.87. The second-order valence-electron chi connectivity index (χ2n) is 4.55. The molecule has 4 heteroatoms. The number of Topliss-reactive ketones (excluding diaryl/α,β-unsaturated/α-hetero) is 1. The van der Waals surface area contributed by atoms with Gasteiger partial charge in [0.1, 0.15) is 12.4 Å². The monoisotopic (exact) mass is 281 g/mol. The molecule has 1 aromatic rings. The standard InChI is InChI=1S/C15H23NO2S/c1-13(17)14-7-4-5-8-15(14)18-11-10-16(2)9-6-12-19-3/h4-5,7-8H,6,9-12H2,1-3H3. The third kappa shape index (κ3) is 6.12. The van der Waals surface area contributed by atoms with Crippen molar-refractivity contribution in [1.82, 2.24) is 4.90 Å². The first kappa shape index (κ1) is 16.1. The average Bonchev–Trinajstić information content (AvgIpc) is 2.39. The number of carbonyl (C=O) groups is 1. The SMILES string of the molecule is CSCCCN(C)CCOc1ccccc1C(C)=O. The third-order valence-electron chi connectivity index (χ3n) is 2.89. The maximum atomic E-state index is 11.4. The van der Waals surface area contributed by atoms with Crippen LogP contribution in [0, 0.1) is 0 Å². The molecular formula is C15H23NO2S. The fourth-order valence-corrected chi connectivity index (χ4v) is 2.20. The Morgan fingerprint density at radius 1 is 1.32 bits per heavy atom. The Hall–Kier alpha value is -1.00. The maximum Gasteiger partial charge on any atom is 0.163 e. The number of benzene rings is 1. The highest BCUT2D eigenvalue weighted by Gasteiger charge is 2.07. The molecular weight excluding hydrogens is 258 g/mol. The molecule has 106 valence electrons. The predicted molar refractivity (Wildman–Crippen MR) is 82.4 cm³/mol. The van der Waals surface area contributed by atoms with Crippen LogP contribution in [0.25, 0.3) is 0 Å². The molecule has 0 aliphatic heterocycles. The van der Waals surface area contributed by atoms with Gasteiger partial charge in [-0.1, -0.05) is 12.1 Å². The van der Waals surface area contributed by atoms with Gasteiger partial charge in [-0.05, 0) is 51.1 Å². The molecule has 19 heavy (non-hydrogen) atoms. The lowest BCUT2D eigenvalue weighted by Crippen LogP contribution is -2.25. The van der Waals surface area contributed by atoms with Gasteiger partial charge in [0.15, 0.2) is 5.78 Å². The fourth-order valence-electron chi connectivity index (χ4n) is 1.79. The molecule has 0 N–H and O–H groups in total. The number of likely N-dealkylation sites (N-methyl/N-ethyl adjacent to an activating group) is 1. The highest BCUT2D eigenvalue weighted by Crippen LogP contribution is 2.18. The first-order chi connectivity index (χ1) is 9.15. The van der Waals surface area contributed by atoms with E-state index >= 15 is 0 Å². The van der Waals surface area contributed by atoms with Gasteiger partial charge in [0.25, 0.3) is 0 Å². The molecule has 1 aromatic carbocycles. The minimum absolute atomic E-state index is 0.0453. The van der Waals surface area contributed by atoms with Crippen LogP contribution in [0.5, 0.6) is 5.75 Å². The Kier molecular flexibility index (Phi) is 7.60. The minimum atomic E-state index is 0.0453. The van der Waals surface area contributed by atoms with Crippen molar-refractivity contribution in [3.63, 3.8) is 0 Å². The van der Waals surface area contributed by atoms with E-state index in [1.807, 2.05) is 30.0 Å². The Balaban J connectivity index is 2.35. The van der Waals surface area contributed by atoms with Gasteiger partial charge in [-0.25, -0.2) is 0 Å². The molecule has 0 radical (unpaired) electrons. The molecule has 0 atom stereocenters. The Morgan fingerprint density at radius 3 is 2.74 bits per heavy atom. The second-order valence-corrected chi connectivity index (χ2v) is 5.54. The molecule has 0 aromatic heterocycles. The minimum Gasteiger partial charge on any atom is -0.491 e. The van der Waals surface area contributed by atoms with Crippen molar-refractivity contribution in [2.45, 2.75) is 13.3 Å². The van der Waals surface area contributed by atoms with Gasteiger partial charge in [0.2, 0.25) is 0 Å². The van der Waals surface area contributed by atoms with Crippen molar-refractivity contribution >= 4 is 17.5 Å². The van der Waals surface area contributed by atoms with E-state index in [0.717, 1.165) is 13.1 Å². The van der Waals surface area contributed by atoms with Crippen LogP contribution in [0.3, 0.4) is 0 Å². The topological polar surface area (TPSA) is 29.5 Å². The zero-order chi connectivity index (χ0) is 14.1. The zero-order valence-electron chi connectivity index (χ0n) is 12.0. The Labute approximate surface area is 120 Å². The summed E-state index contributed by atoms with van der Waals surface area (Å²) in [5.41, 5.74) is 0.660. The van der Waals surface area contributed by atoms with Crippen molar-refractivity contribution in [2.24, 2.45) is 0 Å². The molecule has 0 saturated heterocycles. The lowest BCUT2D eigenvalue weighted by Gasteiger charge is -2.17. The quantitative estimate of drug-likeness (QED) is 0.514. The lowest BCUT2D eigenvalue weighted by atomic mass is 10.1. The number of para-hydroxylation sites is 1. The summed E-state index contributed by atoms with van der Waals surface area (Å²) in [6, 6.07) is 7.41. The van der Waals surface area contributed by atoms with Crippen LogP contribution in [0.4, 0.5) is 0 Å². The summed E-state index contributed by atoms with van der Waals surface area (Å²) in [5.74, 6) is 1.93. The smallest absolute Gasteiger partial charge is 0.163 e. The van der Waals surface area contributed by atoms with E-state index < -0.39 is 0 Å². The van der Waals surface area contributed by atoms with Crippen LogP contribution in [0.1, 0.15) is 23.7 Å². The highest BCUT2D eigenvalue weighted by molar-refractivity contribution is 7.98. The van der Waals surface area contributed by atoms with Crippen LogP contribution in [0.2, 0.25) is 0 Å². The summed E-state index contributed by atoms with van der Waals surface area (Å²) in [4.78, 5) is 13.7. The number of thioether (sulfide) groups is 1. The number of rotatable bonds is 9. The number of nitrogens with zero attached hydrogens (tertiary/aromatic N) is 1. The third-order valence-corrected chi connectivity index (χ3v) is 3.58. The van der Waals surface area contributed by atoms with Gasteiger partial charge < -0.3 is 9.64 Å². The molecule has 0 aliphatic carbocycles. The van der Waals surface area contributed by atoms with Gasteiger partial charge in [0, 0.05) is 6.54 Å². The van der Waals surface area contributed by atoms with Crippen molar-refractivity contribution in [2.75, 3.05) is 38.8 Å². The first-order valence-corrected chi connectivity index (χ1v) is 7.94. The van der Waals surface area contributed by atoms with Gasteiger partial charge in [-0.3, -0.25) is 4.79 Å². The van der Waals surface area contributed by atoms with Crippen molar-refractivity contribution in [3.05, 3.63) is 29.8 Å². The predicted octanol–water partition coefficient (Wildman–Crippen LogP) is 2.95. The van der Waals surface area contributed by atoms with Crippen LogP contribution in [-0.4, -0.2) is 49.4 Å². The maximum absolute atomic E-state index is 11.4. The van der Waals surface area contributed by atoms with E-state index in [1.54, 1.807) is 13.0 Å². The molecule has 0 spiro atoms. The Bertz CT molecular complexity index is 395. The molecule has 3 nitrogen and oxygen atoms in total. The van der Waals surface area contributed by atoms with Crippen LogP contribution in [-0.2, 0) is 0 Å². The molecule has 1 rings (SSSR count). The lowest BCUT2D eigenvalue weighted by molar-refractivity contribution is 0.101. The van der Waals surface area contributed by atoms with E-state index in [2.05, 4.69) is 18.2 Å². The molecule has 0 aliphatic rings. The molecule has 0 unspecified atom stereocenters. The fraction of sp³-hybridized carbons (Fsp3) is 0.533. The van der Waals surface area contributed by atoms with Crippen LogP contribution in [0.15, 0.2) is 24.3 Å². The van der Waals surface area contributed by atoms with Crippen molar-refractivity contribution < 1.29 is 9.53 Å². The molecule has 0 amide bonds. The number of ketones is 1. The number of hydrogen-bond donors (Lipinski definition) is 0. The van der Waals surface area contributed by atoms with E-state index in [9.17, 15) is 4.79 Å². The summed E-state index contributed by atoms with van der Waals surface area (Å²) in [6.45, 7) is 4.13. The van der Waals surface area contributed by atoms with E-state index in [4.69, 9.17) is 4.74 Å². The molecule has 0 fully saturated rings. The Morgan fingerprint density at radius 2 is 2.05 bits per heavy atom. The molecule has 0 saturated carbocycles. The van der Waals surface area contributed by atoms with Gasteiger partial charge in [0.05, 0.1) is 5.56 Å². The van der Waals surface area contributed by atoms with Crippen molar-refractivity contribution in [1.29, 1.82) is 0 Å². The number of ether oxygens (including phenoxy) is 1. The van der Waals surface area contributed by atoms with E-state index in [0.29, 0.717) is 17.9 Å². The summed E-state index contributed by atoms with van der Waals surface area (Å²) in [7, 11) is 2.10. The zero-order valence-corrected chi connectivity index (χ0v) is 12.8. The summed E-state index contributed by atoms with van der Waals surface area (Å²) in [6.07, 6.45) is 3.32. The average molecular weight is 281 g/mol. The second kappa shape index (κ2) is 8.99. The van der Waals surface area contributed by atoms with Gasteiger partial charge in [-0.2, -0.15) is 11.8 Å². The summed E-state index contributed by atoms with van der Waals surface area (Å²) < 4.78 is 5.71. The van der Waals surface area contributed by atoms with Crippen molar-refractivity contribution in [3.8, 4) is 5.75 Å². The highest BCUT2D eigenvalue weighted by atomic mass is 32.2. The number of carbonyl (C=O) groups excluding carboxylic acids is 1. The molecule has 0 heterocycles.